The smallest absolute Gasteiger partial charge is 0.333 e. The first-order valence-corrected chi connectivity index (χ1v) is 11.5. The molecule has 0 aliphatic heterocycles. The van der Waals surface area contributed by atoms with E-state index >= 15 is 0 Å². The molecular weight excluding hydrogens is 420 g/mol. The van der Waals surface area contributed by atoms with Gasteiger partial charge >= 0.3 is 12.0 Å². The van der Waals surface area contributed by atoms with Crippen molar-refractivity contribution < 1.29 is 24.2 Å². The molecule has 33 heavy (non-hydrogen) atoms. The van der Waals surface area contributed by atoms with E-state index < -0.39 is 12.1 Å². The molecule has 2 aromatic carbocycles. The van der Waals surface area contributed by atoms with E-state index in [-0.39, 0.29) is 12.1 Å². The Kier molecular flexibility index (Phi) is 11.2. The largest absolute Gasteiger partial charge is 0.492 e. The molecule has 2 aromatic rings. The Morgan fingerprint density at radius 2 is 1.70 bits per heavy atom. The number of nitrogens with one attached hydrogen (secondary N) is 1. The first-order chi connectivity index (χ1) is 15.9. The zero-order chi connectivity index (χ0) is 24.1. The van der Waals surface area contributed by atoms with Crippen molar-refractivity contribution in [2.24, 2.45) is 0 Å². The average molecular weight is 457 g/mol. The van der Waals surface area contributed by atoms with E-state index in [1.807, 2.05) is 56.3 Å². The topological polar surface area (TPSA) is 88.1 Å². The Hall–Kier alpha value is -3.06. The Bertz CT molecular complexity index is 840. The summed E-state index contributed by atoms with van der Waals surface area (Å²) < 4.78 is 11.1. The minimum Gasteiger partial charge on any atom is -0.492 e. The molecule has 0 bridgehead atoms. The highest BCUT2D eigenvalue weighted by Gasteiger charge is 2.18. The van der Waals surface area contributed by atoms with Gasteiger partial charge in [-0.2, -0.15) is 0 Å². The van der Waals surface area contributed by atoms with E-state index in [1.165, 1.54) is 5.56 Å². The van der Waals surface area contributed by atoms with Gasteiger partial charge in [0.05, 0.1) is 6.54 Å². The molecule has 0 aliphatic carbocycles. The summed E-state index contributed by atoms with van der Waals surface area (Å²) in [6.45, 7) is 7.50. The van der Waals surface area contributed by atoms with Gasteiger partial charge in [-0.1, -0.05) is 42.5 Å². The van der Waals surface area contributed by atoms with Crippen LogP contribution in [-0.4, -0.2) is 60.5 Å². The molecule has 0 fully saturated rings. The minimum atomic E-state index is -0.968. The Morgan fingerprint density at radius 1 is 1.00 bits per heavy atom. The lowest BCUT2D eigenvalue weighted by atomic mass is 10.1. The van der Waals surface area contributed by atoms with Crippen LogP contribution in [0, 0.1) is 0 Å². The molecule has 0 spiro atoms. The number of aliphatic carboxylic acids is 1. The second kappa shape index (κ2) is 14.2. The van der Waals surface area contributed by atoms with Crippen LogP contribution in [-0.2, 0) is 22.4 Å². The van der Waals surface area contributed by atoms with Gasteiger partial charge in [0.1, 0.15) is 12.4 Å². The van der Waals surface area contributed by atoms with Gasteiger partial charge in [-0.3, -0.25) is 0 Å². The van der Waals surface area contributed by atoms with Crippen LogP contribution in [0.4, 0.5) is 4.79 Å². The second-order valence-electron chi connectivity index (χ2n) is 8.16. The first-order valence-electron chi connectivity index (χ1n) is 11.5. The maximum Gasteiger partial charge on any atom is 0.333 e. The van der Waals surface area contributed by atoms with Gasteiger partial charge in [0.25, 0.3) is 0 Å². The molecule has 1 atom stereocenters. The van der Waals surface area contributed by atoms with Gasteiger partial charge in [0, 0.05) is 25.6 Å². The highest BCUT2D eigenvalue weighted by molar-refractivity contribution is 5.74. The lowest BCUT2D eigenvalue weighted by Crippen LogP contribution is -2.45. The number of carboxylic acid groups (broad SMARTS) is 1. The standard InChI is InChI=1S/C26H36N2O5/c1-4-32-24(25(29)30)19-22-12-14-23(15-13-22)33-18-17-28(26(31)27-20(2)3)16-8-11-21-9-6-5-7-10-21/h5-7,9-10,12-15,20,24H,4,8,11,16-19H2,1-3H3,(H,27,31)(H,29,30). The van der Waals surface area contributed by atoms with Crippen LogP contribution in [0.3, 0.4) is 0 Å². The van der Waals surface area contributed by atoms with Crippen molar-refractivity contribution in [1.29, 1.82) is 0 Å². The van der Waals surface area contributed by atoms with Crippen LogP contribution in [0.15, 0.2) is 54.6 Å². The SMILES string of the molecule is CCOC(Cc1ccc(OCCN(CCCc2ccccc2)C(=O)NC(C)C)cc1)C(=O)O. The number of hydrogen-bond acceptors (Lipinski definition) is 4. The van der Waals surface area contributed by atoms with E-state index in [2.05, 4.69) is 17.4 Å². The van der Waals surface area contributed by atoms with Gasteiger partial charge in [-0.15, -0.1) is 0 Å². The summed E-state index contributed by atoms with van der Waals surface area (Å²) in [7, 11) is 0. The molecule has 0 heterocycles. The minimum absolute atomic E-state index is 0.0638. The Labute approximate surface area is 196 Å². The second-order valence-corrected chi connectivity index (χ2v) is 8.16. The quantitative estimate of drug-likeness (QED) is 0.446. The van der Waals surface area contributed by atoms with Crippen molar-refractivity contribution in [1.82, 2.24) is 10.2 Å². The summed E-state index contributed by atoms with van der Waals surface area (Å²) in [6, 6.07) is 17.5. The number of carboxylic acids is 1. The molecule has 2 N–H and O–H groups in total. The van der Waals surface area contributed by atoms with Gasteiger partial charge < -0.3 is 24.8 Å². The fourth-order valence-corrected chi connectivity index (χ4v) is 3.40. The summed E-state index contributed by atoms with van der Waals surface area (Å²) in [4.78, 5) is 25.6. The number of ether oxygens (including phenoxy) is 2. The normalized spacial score (nSPS) is 11.8. The van der Waals surface area contributed by atoms with Crippen molar-refractivity contribution in [2.45, 2.75) is 52.2 Å². The Morgan fingerprint density at radius 3 is 2.30 bits per heavy atom. The van der Waals surface area contributed by atoms with Crippen LogP contribution in [0.5, 0.6) is 5.75 Å². The highest BCUT2D eigenvalue weighted by Crippen LogP contribution is 2.15. The van der Waals surface area contributed by atoms with E-state index in [0.29, 0.717) is 38.5 Å². The van der Waals surface area contributed by atoms with Crippen LogP contribution in [0.2, 0.25) is 0 Å². The predicted octanol–water partition coefficient (Wildman–Crippen LogP) is 4.15. The third kappa shape index (κ3) is 9.95. The molecular formula is C26H36N2O5. The third-order valence-corrected chi connectivity index (χ3v) is 5.05. The number of hydrogen-bond donors (Lipinski definition) is 2. The monoisotopic (exact) mass is 456 g/mol. The number of nitrogens with zero attached hydrogens (tertiary/aromatic N) is 1. The van der Waals surface area contributed by atoms with Gasteiger partial charge in [0.15, 0.2) is 6.10 Å². The number of urea groups is 1. The molecule has 0 radical (unpaired) electrons. The summed E-state index contributed by atoms with van der Waals surface area (Å²) in [5.74, 6) is -0.292. The molecule has 0 saturated carbocycles. The van der Waals surface area contributed by atoms with Crippen LogP contribution >= 0.6 is 0 Å². The van der Waals surface area contributed by atoms with Gasteiger partial charge in [0.2, 0.25) is 0 Å². The highest BCUT2D eigenvalue weighted by atomic mass is 16.5. The number of amides is 2. The summed E-state index contributed by atoms with van der Waals surface area (Å²) in [5, 5.41) is 12.2. The van der Waals surface area contributed by atoms with Crippen LogP contribution < -0.4 is 10.1 Å². The zero-order valence-corrected chi connectivity index (χ0v) is 19.8. The molecule has 180 valence electrons. The van der Waals surface area contributed by atoms with E-state index in [1.54, 1.807) is 11.8 Å². The lowest BCUT2D eigenvalue weighted by Gasteiger charge is -2.24. The fraction of sp³-hybridized carbons (Fsp3) is 0.462. The first kappa shape index (κ1) is 26.2. The van der Waals surface area contributed by atoms with Crippen molar-refractivity contribution >= 4 is 12.0 Å². The summed E-state index contributed by atoms with van der Waals surface area (Å²) in [5.41, 5.74) is 2.12. The van der Waals surface area contributed by atoms with Crippen LogP contribution in [0.25, 0.3) is 0 Å². The molecule has 0 saturated heterocycles. The molecule has 0 aromatic heterocycles. The zero-order valence-electron chi connectivity index (χ0n) is 19.8. The van der Waals surface area contributed by atoms with E-state index in [9.17, 15) is 14.7 Å². The van der Waals surface area contributed by atoms with Gasteiger partial charge in [-0.05, 0) is 56.9 Å². The number of benzene rings is 2. The predicted molar refractivity (Wildman–Crippen MR) is 129 cm³/mol. The summed E-state index contributed by atoms with van der Waals surface area (Å²) in [6.07, 6.45) is 1.22. The van der Waals surface area contributed by atoms with Crippen molar-refractivity contribution in [3.05, 3.63) is 65.7 Å². The van der Waals surface area contributed by atoms with Crippen LogP contribution in [0.1, 0.15) is 38.3 Å². The molecule has 1 unspecified atom stereocenters. The third-order valence-electron chi connectivity index (χ3n) is 5.05. The number of aryl methyl sites for hydroxylation is 1. The summed E-state index contributed by atoms with van der Waals surface area (Å²) >= 11 is 0. The molecule has 0 aliphatic rings. The average Bonchev–Trinajstić information content (AvgIpc) is 2.79. The maximum atomic E-state index is 12.6. The molecule has 2 rings (SSSR count). The molecule has 7 heteroatoms. The van der Waals surface area contributed by atoms with E-state index in [0.717, 1.165) is 18.4 Å². The van der Waals surface area contributed by atoms with E-state index in [4.69, 9.17) is 9.47 Å². The number of carbonyl (C=O) groups is 2. The number of rotatable bonds is 14. The van der Waals surface area contributed by atoms with Crippen molar-refractivity contribution in [2.75, 3.05) is 26.3 Å². The molecule has 2 amide bonds. The fourth-order valence-electron chi connectivity index (χ4n) is 3.40. The van der Waals surface area contributed by atoms with Gasteiger partial charge in [-0.25, -0.2) is 9.59 Å². The van der Waals surface area contributed by atoms with Crippen molar-refractivity contribution in [3.63, 3.8) is 0 Å². The maximum absolute atomic E-state index is 12.6. The lowest BCUT2D eigenvalue weighted by molar-refractivity contribution is -0.149. The Balaban J connectivity index is 1.85. The number of carbonyl (C=O) groups excluding carboxylic acids is 1. The van der Waals surface area contributed by atoms with Crippen molar-refractivity contribution in [3.8, 4) is 5.75 Å². The molecule has 7 nitrogen and oxygen atoms in total.